The van der Waals surface area contributed by atoms with E-state index >= 15 is 0 Å². The smallest absolute Gasteiger partial charge is 0.327 e. The third kappa shape index (κ3) is 6.21. The molecule has 0 saturated heterocycles. The van der Waals surface area contributed by atoms with Crippen molar-refractivity contribution in [1.29, 1.82) is 0 Å². The number of hydrogen-bond donors (Lipinski definition) is 0. The Bertz CT molecular complexity index is 1200. The summed E-state index contributed by atoms with van der Waals surface area (Å²) in [5.41, 5.74) is 6.30. The van der Waals surface area contributed by atoms with Crippen molar-refractivity contribution in [3.05, 3.63) is 71.8 Å². The summed E-state index contributed by atoms with van der Waals surface area (Å²) in [7, 11) is 0. The van der Waals surface area contributed by atoms with Crippen molar-refractivity contribution < 1.29 is 4.58 Å². The first kappa shape index (κ1) is 29.2. The largest absolute Gasteiger partial charge is 0.343 e. The fourth-order valence-electron chi connectivity index (χ4n) is 6.42. The van der Waals surface area contributed by atoms with Gasteiger partial charge in [-0.2, -0.15) is 0 Å². The van der Waals surface area contributed by atoms with Crippen LogP contribution in [0.4, 0.5) is 11.5 Å². The second kappa shape index (κ2) is 13.1. The molecule has 0 spiro atoms. The fraction of sp³-hybridized carbons (Fsp3) is 0.571. The molecule has 39 heavy (non-hydrogen) atoms. The van der Waals surface area contributed by atoms with Gasteiger partial charge in [-0.05, 0) is 88.4 Å². The van der Waals surface area contributed by atoms with Gasteiger partial charge in [0.25, 0.3) is 0 Å². The lowest BCUT2D eigenvalue weighted by Crippen LogP contribution is -2.28. The predicted octanol–water partition coefficient (Wildman–Crippen LogP) is 9.03. The fourth-order valence-corrected chi connectivity index (χ4v) is 6.42. The number of allylic oxidation sites excluding steroid dienone is 4. The van der Waals surface area contributed by atoms with Crippen LogP contribution in [0.15, 0.2) is 60.6 Å². The van der Waals surface area contributed by atoms with Crippen LogP contribution in [-0.4, -0.2) is 33.3 Å². The first-order chi connectivity index (χ1) is 18.8. The predicted molar refractivity (Wildman–Crippen MR) is 166 cm³/mol. The van der Waals surface area contributed by atoms with Crippen LogP contribution in [-0.2, 0) is 10.8 Å². The molecule has 0 bridgehead atoms. The third-order valence-electron chi connectivity index (χ3n) is 8.73. The molecule has 4 nitrogen and oxygen atoms in total. The summed E-state index contributed by atoms with van der Waals surface area (Å²) in [6.07, 6.45) is 23.7. The molecule has 4 rings (SSSR count). The molecule has 0 N–H and O–H groups in total. The zero-order valence-corrected chi connectivity index (χ0v) is 25.5. The van der Waals surface area contributed by atoms with E-state index in [4.69, 9.17) is 9.97 Å². The summed E-state index contributed by atoms with van der Waals surface area (Å²) in [4.78, 5) is 12.2. The minimum atomic E-state index is -0.121. The molecule has 0 radical (unpaired) electrons. The summed E-state index contributed by atoms with van der Waals surface area (Å²) in [5, 5.41) is 0. The molecule has 2 aromatic heterocycles. The molecule has 210 valence electrons. The molecule has 2 aliphatic rings. The molecular weight excluding hydrogens is 476 g/mol. The standard InChI is InChI=1S/C35H51N4/c1-7-9-11-13-15-26-38-29-21-19-24-36-32(29)35(5,6)31(38)23-17-22-30-34(3,4)28-20-18-25-37-33(28)39(30)27-16-14-12-10-8-2/h17-25H,7-16,26-27H2,1-6H3/q+1. The Labute approximate surface area is 238 Å². The van der Waals surface area contributed by atoms with Gasteiger partial charge in [0.1, 0.15) is 11.9 Å². The Kier molecular flexibility index (Phi) is 9.80. The number of pyridine rings is 2. The van der Waals surface area contributed by atoms with Crippen LogP contribution in [0.5, 0.6) is 0 Å². The highest BCUT2D eigenvalue weighted by atomic mass is 15.2. The number of unbranched alkanes of at least 4 members (excludes halogenated alkanes) is 8. The molecular formula is C35H51N4+. The Morgan fingerprint density at radius 1 is 0.795 bits per heavy atom. The van der Waals surface area contributed by atoms with Crippen LogP contribution in [0.1, 0.15) is 117 Å². The van der Waals surface area contributed by atoms with Gasteiger partial charge in [0, 0.05) is 23.9 Å². The number of aromatic nitrogens is 2. The second-order valence-corrected chi connectivity index (χ2v) is 12.4. The summed E-state index contributed by atoms with van der Waals surface area (Å²) in [6.45, 7) is 16.0. The van der Waals surface area contributed by atoms with Gasteiger partial charge in [-0.15, -0.1) is 0 Å². The third-order valence-corrected chi connectivity index (χ3v) is 8.73. The summed E-state index contributed by atoms with van der Waals surface area (Å²) < 4.78 is 2.48. The van der Waals surface area contributed by atoms with Gasteiger partial charge in [0.05, 0.1) is 28.9 Å². The highest BCUT2D eigenvalue weighted by molar-refractivity contribution is 6.02. The van der Waals surface area contributed by atoms with Crippen LogP contribution in [0.25, 0.3) is 0 Å². The van der Waals surface area contributed by atoms with Gasteiger partial charge in [-0.1, -0.05) is 64.9 Å². The van der Waals surface area contributed by atoms with E-state index in [0.29, 0.717) is 0 Å². The normalized spacial score (nSPS) is 18.4. The lowest BCUT2D eigenvalue weighted by atomic mass is 9.82. The van der Waals surface area contributed by atoms with Gasteiger partial charge in [-0.25, -0.2) is 4.58 Å². The van der Waals surface area contributed by atoms with Crippen molar-refractivity contribution in [1.82, 2.24) is 9.97 Å². The number of anilines is 1. The van der Waals surface area contributed by atoms with Gasteiger partial charge in [-0.3, -0.25) is 4.98 Å². The van der Waals surface area contributed by atoms with Crippen LogP contribution < -0.4 is 4.90 Å². The van der Waals surface area contributed by atoms with E-state index in [-0.39, 0.29) is 10.8 Å². The molecule has 4 heteroatoms. The zero-order valence-electron chi connectivity index (χ0n) is 25.5. The molecule has 0 amide bonds. The quantitative estimate of drug-likeness (QED) is 0.181. The number of hydrogen-bond acceptors (Lipinski definition) is 3. The first-order valence-corrected chi connectivity index (χ1v) is 15.6. The zero-order chi connectivity index (χ0) is 27.9. The minimum absolute atomic E-state index is 0.0727. The van der Waals surface area contributed by atoms with E-state index in [9.17, 15) is 0 Å². The molecule has 2 aliphatic heterocycles. The van der Waals surface area contributed by atoms with Gasteiger partial charge in [0.15, 0.2) is 0 Å². The van der Waals surface area contributed by atoms with Crippen LogP contribution in [0.3, 0.4) is 0 Å². The van der Waals surface area contributed by atoms with Gasteiger partial charge < -0.3 is 4.90 Å². The number of fused-ring (bicyclic) bond motifs is 2. The Hall–Kier alpha value is -2.75. The van der Waals surface area contributed by atoms with Crippen molar-refractivity contribution >= 4 is 17.2 Å². The lowest BCUT2D eigenvalue weighted by Gasteiger charge is -2.26. The average molecular weight is 528 g/mol. The van der Waals surface area contributed by atoms with Crippen molar-refractivity contribution in [3.63, 3.8) is 0 Å². The van der Waals surface area contributed by atoms with E-state index in [1.165, 1.54) is 92.6 Å². The van der Waals surface area contributed by atoms with Gasteiger partial charge in [0.2, 0.25) is 0 Å². The second-order valence-electron chi connectivity index (χ2n) is 12.4. The minimum Gasteiger partial charge on any atom is -0.343 e. The monoisotopic (exact) mass is 527 g/mol. The summed E-state index contributed by atoms with van der Waals surface area (Å²) >= 11 is 0. The first-order valence-electron chi connectivity index (χ1n) is 15.6. The van der Waals surface area contributed by atoms with E-state index in [2.05, 4.69) is 93.5 Å². The molecule has 0 unspecified atom stereocenters. The molecule has 0 fully saturated rings. The maximum absolute atomic E-state index is 4.84. The molecule has 2 aromatic rings. The molecule has 0 aliphatic carbocycles. The van der Waals surface area contributed by atoms with Crippen molar-refractivity contribution in [2.75, 3.05) is 18.0 Å². The highest BCUT2D eigenvalue weighted by Gasteiger charge is 2.43. The van der Waals surface area contributed by atoms with Crippen LogP contribution >= 0.6 is 0 Å². The average Bonchev–Trinajstić information content (AvgIpc) is 3.28. The number of nitrogens with zero attached hydrogens (tertiary/aromatic N) is 4. The molecule has 0 saturated carbocycles. The lowest BCUT2D eigenvalue weighted by molar-refractivity contribution is -0.442. The SMILES string of the molecule is CCCCCCCN1C(=CC=CC2=[N+](CCCCCCC)c3ncccc3C2(C)C)C(C)(C)c2ncccc21. The van der Waals surface area contributed by atoms with Crippen molar-refractivity contribution in [3.8, 4) is 0 Å². The van der Waals surface area contributed by atoms with Crippen LogP contribution in [0, 0.1) is 0 Å². The molecule has 0 aromatic carbocycles. The van der Waals surface area contributed by atoms with E-state index in [1.807, 2.05) is 12.4 Å². The maximum Gasteiger partial charge on any atom is 0.327 e. The summed E-state index contributed by atoms with van der Waals surface area (Å²) in [6, 6.07) is 8.67. The van der Waals surface area contributed by atoms with Crippen molar-refractivity contribution in [2.24, 2.45) is 0 Å². The summed E-state index contributed by atoms with van der Waals surface area (Å²) in [5.74, 6) is 1.14. The van der Waals surface area contributed by atoms with Crippen LogP contribution in [0.2, 0.25) is 0 Å². The van der Waals surface area contributed by atoms with E-state index in [1.54, 1.807) is 0 Å². The van der Waals surface area contributed by atoms with E-state index in [0.717, 1.165) is 18.9 Å². The van der Waals surface area contributed by atoms with Crippen molar-refractivity contribution in [2.45, 2.75) is 117 Å². The Balaban J connectivity index is 1.63. The molecule has 4 heterocycles. The Morgan fingerprint density at radius 3 is 2.21 bits per heavy atom. The van der Waals surface area contributed by atoms with Gasteiger partial charge >= 0.3 is 5.82 Å². The van der Waals surface area contributed by atoms with E-state index < -0.39 is 0 Å². The highest BCUT2D eigenvalue weighted by Crippen LogP contribution is 2.46. The Morgan fingerprint density at radius 2 is 1.46 bits per heavy atom. The molecule has 0 atom stereocenters. The maximum atomic E-state index is 4.84. The topological polar surface area (TPSA) is 32.0 Å². The number of rotatable bonds is 14.